The SMILES string of the molecule is CN1C(=O)/C(=C/c2ccc(-c3ccc(Br)c(Cl)c3)o2)C(=O)NC1=S. The van der Waals surface area contributed by atoms with Gasteiger partial charge in [0.25, 0.3) is 11.8 Å². The molecule has 0 unspecified atom stereocenters. The first-order valence-electron chi connectivity index (χ1n) is 6.77. The van der Waals surface area contributed by atoms with E-state index in [0.29, 0.717) is 16.5 Å². The Morgan fingerprint density at radius 1 is 1.29 bits per heavy atom. The van der Waals surface area contributed by atoms with Crippen molar-refractivity contribution in [2.24, 2.45) is 0 Å². The number of nitrogens with one attached hydrogen (secondary N) is 1. The zero-order chi connectivity index (χ0) is 17.4. The molecule has 1 aromatic carbocycles. The number of amides is 2. The Kier molecular flexibility index (Phi) is 4.58. The predicted molar refractivity (Wildman–Crippen MR) is 98.3 cm³/mol. The molecular weight excluding hydrogens is 416 g/mol. The van der Waals surface area contributed by atoms with Crippen LogP contribution in [0, 0.1) is 0 Å². The van der Waals surface area contributed by atoms with E-state index in [-0.39, 0.29) is 10.7 Å². The lowest BCUT2D eigenvalue weighted by atomic mass is 10.1. The highest BCUT2D eigenvalue weighted by atomic mass is 79.9. The monoisotopic (exact) mass is 424 g/mol. The molecule has 2 amide bonds. The van der Waals surface area contributed by atoms with Crippen molar-refractivity contribution in [2.75, 3.05) is 7.05 Å². The van der Waals surface area contributed by atoms with E-state index < -0.39 is 11.8 Å². The number of hydrogen-bond donors (Lipinski definition) is 1. The number of furan rings is 1. The van der Waals surface area contributed by atoms with Gasteiger partial charge in [0.05, 0.1) is 5.02 Å². The first-order chi connectivity index (χ1) is 11.4. The van der Waals surface area contributed by atoms with Crippen molar-refractivity contribution in [2.45, 2.75) is 0 Å². The quantitative estimate of drug-likeness (QED) is 0.453. The van der Waals surface area contributed by atoms with Crippen molar-refractivity contribution in [1.29, 1.82) is 0 Å². The number of benzene rings is 1. The second kappa shape index (κ2) is 6.51. The van der Waals surface area contributed by atoms with Gasteiger partial charge in [-0.15, -0.1) is 0 Å². The van der Waals surface area contributed by atoms with Crippen LogP contribution in [0.2, 0.25) is 5.02 Å². The van der Waals surface area contributed by atoms with Gasteiger partial charge in [-0.1, -0.05) is 17.7 Å². The van der Waals surface area contributed by atoms with E-state index in [0.717, 1.165) is 10.0 Å². The van der Waals surface area contributed by atoms with Crippen molar-refractivity contribution in [3.05, 3.63) is 51.2 Å². The predicted octanol–water partition coefficient (Wildman–Crippen LogP) is 3.62. The van der Waals surface area contributed by atoms with Crippen molar-refractivity contribution >= 4 is 62.8 Å². The fraction of sp³-hybridized carbons (Fsp3) is 0.0625. The Hall–Kier alpha value is -1.96. The highest BCUT2D eigenvalue weighted by Gasteiger charge is 2.31. The van der Waals surface area contributed by atoms with Crippen LogP contribution >= 0.6 is 39.7 Å². The van der Waals surface area contributed by atoms with Crippen LogP contribution in [0.15, 0.2) is 44.8 Å². The molecule has 1 fully saturated rings. The number of nitrogens with zero attached hydrogens (tertiary/aromatic N) is 1. The molecule has 0 aliphatic carbocycles. The second-order valence-electron chi connectivity index (χ2n) is 5.01. The molecule has 1 aromatic heterocycles. The highest BCUT2D eigenvalue weighted by Crippen LogP contribution is 2.30. The van der Waals surface area contributed by atoms with Crippen LogP contribution in [0.25, 0.3) is 17.4 Å². The molecule has 0 bridgehead atoms. The smallest absolute Gasteiger partial charge is 0.265 e. The zero-order valence-corrected chi connectivity index (χ0v) is 15.5. The third-order valence-corrected chi connectivity index (χ3v) is 5.03. The van der Waals surface area contributed by atoms with Crippen LogP contribution < -0.4 is 5.32 Å². The molecule has 0 saturated carbocycles. The standard InChI is InChI=1S/C16H10BrClN2O3S/c1-20-15(22)10(14(21)19-16(20)24)7-9-3-5-13(23-9)8-2-4-11(17)12(18)6-8/h2-7H,1H3,(H,19,21,24)/b10-7+. The number of hydrogen-bond acceptors (Lipinski definition) is 4. The van der Waals surface area contributed by atoms with E-state index in [1.54, 1.807) is 18.2 Å². The Morgan fingerprint density at radius 3 is 2.75 bits per heavy atom. The summed E-state index contributed by atoms with van der Waals surface area (Å²) < 4.78 is 6.47. The topological polar surface area (TPSA) is 62.6 Å². The molecule has 2 aromatic rings. The van der Waals surface area contributed by atoms with E-state index in [2.05, 4.69) is 21.2 Å². The van der Waals surface area contributed by atoms with Crippen LogP contribution in [0.4, 0.5) is 0 Å². The molecule has 0 atom stereocenters. The number of rotatable bonds is 2. The van der Waals surface area contributed by atoms with Gasteiger partial charge in [-0.25, -0.2) is 0 Å². The summed E-state index contributed by atoms with van der Waals surface area (Å²) >= 11 is 14.3. The molecule has 0 spiro atoms. The normalized spacial score (nSPS) is 16.7. The lowest BCUT2D eigenvalue weighted by Gasteiger charge is -2.24. The number of thiocarbonyl (C=S) groups is 1. The van der Waals surface area contributed by atoms with Crippen LogP contribution in [0.5, 0.6) is 0 Å². The Bertz CT molecular complexity index is 906. The van der Waals surface area contributed by atoms with E-state index in [4.69, 9.17) is 28.2 Å². The minimum atomic E-state index is -0.548. The maximum Gasteiger partial charge on any atom is 0.265 e. The van der Waals surface area contributed by atoms with Gasteiger partial charge in [0.1, 0.15) is 17.1 Å². The fourth-order valence-corrected chi connectivity index (χ4v) is 2.73. The molecule has 2 heterocycles. The van der Waals surface area contributed by atoms with E-state index in [9.17, 15) is 9.59 Å². The van der Waals surface area contributed by atoms with E-state index in [1.807, 2.05) is 12.1 Å². The minimum absolute atomic E-state index is 0.0409. The number of carbonyl (C=O) groups excluding carboxylic acids is 2. The van der Waals surface area contributed by atoms with Gasteiger partial charge in [-0.2, -0.15) is 0 Å². The Balaban J connectivity index is 1.93. The van der Waals surface area contributed by atoms with Gasteiger partial charge in [0.2, 0.25) is 0 Å². The molecule has 1 aliphatic heterocycles. The summed E-state index contributed by atoms with van der Waals surface area (Å²) in [5.41, 5.74) is 0.742. The highest BCUT2D eigenvalue weighted by molar-refractivity contribution is 9.10. The number of halogens is 2. The van der Waals surface area contributed by atoms with Gasteiger partial charge in [-0.3, -0.25) is 19.8 Å². The third-order valence-electron chi connectivity index (χ3n) is 3.42. The largest absolute Gasteiger partial charge is 0.457 e. The molecule has 0 radical (unpaired) electrons. The number of carbonyl (C=O) groups is 2. The van der Waals surface area contributed by atoms with Gasteiger partial charge >= 0.3 is 0 Å². The summed E-state index contributed by atoms with van der Waals surface area (Å²) in [6, 6.07) is 8.83. The molecule has 3 rings (SSSR count). The van der Waals surface area contributed by atoms with E-state index >= 15 is 0 Å². The Morgan fingerprint density at radius 2 is 2.04 bits per heavy atom. The summed E-state index contributed by atoms with van der Waals surface area (Å²) in [6.07, 6.45) is 1.39. The molecule has 1 saturated heterocycles. The summed E-state index contributed by atoms with van der Waals surface area (Å²) in [5, 5.41) is 3.08. The first-order valence-corrected chi connectivity index (χ1v) is 8.35. The maximum absolute atomic E-state index is 12.2. The van der Waals surface area contributed by atoms with Crippen molar-refractivity contribution < 1.29 is 14.0 Å². The van der Waals surface area contributed by atoms with Gasteiger partial charge in [0, 0.05) is 17.1 Å². The summed E-state index contributed by atoms with van der Waals surface area (Å²) in [4.78, 5) is 25.3. The molecule has 1 N–H and O–H groups in total. The van der Waals surface area contributed by atoms with Crippen molar-refractivity contribution in [3.8, 4) is 11.3 Å². The van der Waals surface area contributed by atoms with E-state index in [1.165, 1.54) is 18.0 Å². The molecule has 24 heavy (non-hydrogen) atoms. The van der Waals surface area contributed by atoms with Crippen LogP contribution in [0.3, 0.4) is 0 Å². The average Bonchev–Trinajstić information content (AvgIpc) is 3.01. The van der Waals surface area contributed by atoms with Crippen molar-refractivity contribution in [1.82, 2.24) is 10.2 Å². The van der Waals surface area contributed by atoms with Crippen LogP contribution in [0.1, 0.15) is 5.76 Å². The second-order valence-corrected chi connectivity index (χ2v) is 6.66. The van der Waals surface area contributed by atoms with Crippen LogP contribution in [-0.4, -0.2) is 28.9 Å². The Labute approximate surface area is 156 Å². The molecule has 1 aliphatic rings. The summed E-state index contributed by atoms with van der Waals surface area (Å²) in [6.45, 7) is 0. The fourth-order valence-electron chi connectivity index (χ4n) is 2.12. The van der Waals surface area contributed by atoms with Gasteiger partial charge < -0.3 is 4.42 Å². The zero-order valence-electron chi connectivity index (χ0n) is 12.3. The molecule has 8 heteroatoms. The van der Waals surface area contributed by atoms with Gasteiger partial charge in [0.15, 0.2) is 5.11 Å². The maximum atomic E-state index is 12.2. The lowest BCUT2D eigenvalue weighted by molar-refractivity contribution is -0.128. The van der Waals surface area contributed by atoms with Crippen molar-refractivity contribution in [3.63, 3.8) is 0 Å². The molecule has 122 valence electrons. The average molecular weight is 426 g/mol. The first kappa shape index (κ1) is 16.9. The molecule has 5 nitrogen and oxygen atoms in total. The summed E-state index contributed by atoms with van der Waals surface area (Å²) in [7, 11) is 1.50. The molecular formula is C16H10BrClN2O3S. The van der Waals surface area contributed by atoms with Crippen LogP contribution in [-0.2, 0) is 9.59 Å². The van der Waals surface area contributed by atoms with Gasteiger partial charge in [-0.05, 0) is 58.5 Å². The number of likely N-dealkylation sites (N-methyl/N-ethyl adjacent to an activating group) is 1. The summed E-state index contributed by atoms with van der Waals surface area (Å²) in [5.74, 6) is -0.0753. The lowest BCUT2D eigenvalue weighted by Crippen LogP contribution is -2.52. The minimum Gasteiger partial charge on any atom is -0.457 e. The third kappa shape index (κ3) is 3.15.